The maximum Gasteiger partial charge on any atom is 0.339 e. The third-order valence-electron chi connectivity index (χ3n) is 5.00. The first-order chi connectivity index (χ1) is 14.7. The highest BCUT2D eigenvalue weighted by Gasteiger charge is 2.21. The van der Waals surface area contributed by atoms with Crippen molar-refractivity contribution in [2.45, 2.75) is 33.2 Å². The minimum atomic E-state index is -1.16. The summed E-state index contributed by atoms with van der Waals surface area (Å²) in [6, 6.07) is 9.08. The molecule has 1 heterocycles. The van der Waals surface area contributed by atoms with Gasteiger partial charge in [-0.3, -0.25) is 4.79 Å². The van der Waals surface area contributed by atoms with Crippen molar-refractivity contribution in [3.8, 4) is 5.75 Å². The Bertz CT molecular complexity index is 1200. The zero-order chi connectivity index (χ0) is 22.7. The van der Waals surface area contributed by atoms with Crippen molar-refractivity contribution < 1.29 is 23.8 Å². The lowest BCUT2D eigenvalue weighted by atomic mass is 10.0. The van der Waals surface area contributed by atoms with Crippen LogP contribution in [-0.4, -0.2) is 29.6 Å². The number of ether oxygens (including phenoxy) is 1. The quantitative estimate of drug-likeness (QED) is 0.541. The largest absolute Gasteiger partial charge is 0.483 e. The Kier molecular flexibility index (Phi) is 6.65. The Morgan fingerprint density at radius 2 is 1.81 bits per heavy atom. The van der Waals surface area contributed by atoms with Crippen LogP contribution < -0.4 is 15.7 Å². The predicted molar refractivity (Wildman–Crippen MR) is 117 cm³/mol. The molecule has 1 amide bonds. The molecule has 0 radical (unpaired) electrons. The smallest absolute Gasteiger partial charge is 0.339 e. The number of rotatable bonds is 7. The second kappa shape index (κ2) is 9.22. The summed E-state index contributed by atoms with van der Waals surface area (Å²) in [6.07, 6.45) is 0.106. The second-order valence-corrected chi connectivity index (χ2v) is 7.79. The van der Waals surface area contributed by atoms with Crippen LogP contribution >= 0.6 is 11.6 Å². The lowest BCUT2D eigenvalue weighted by Crippen LogP contribution is -2.44. The van der Waals surface area contributed by atoms with Gasteiger partial charge in [-0.05, 0) is 61.7 Å². The number of fused-ring (bicyclic) bond motifs is 1. The minimum absolute atomic E-state index is 0.106. The first kappa shape index (κ1) is 22.4. The normalized spacial score (nSPS) is 11.9. The van der Waals surface area contributed by atoms with Crippen molar-refractivity contribution in [2.75, 3.05) is 6.61 Å². The third-order valence-corrected chi connectivity index (χ3v) is 5.25. The number of aryl methyl sites for hydroxylation is 2. The molecule has 0 unspecified atom stereocenters. The van der Waals surface area contributed by atoms with Gasteiger partial charge in [0.1, 0.15) is 17.4 Å². The van der Waals surface area contributed by atoms with Gasteiger partial charge in [-0.2, -0.15) is 0 Å². The van der Waals surface area contributed by atoms with Gasteiger partial charge in [-0.1, -0.05) is 23.7 Å². The molecule has 2 N–H and O–H groups in total. The van der Waals surface area contributed by atoms with Gasteiger partial charge in [0.25, 0.3) is 5.91 Å². The van der Waals surface area contributed by atoms with Gasteiger partial charge in [-0.15, -0.1) is 0 Å². The van der Waals surface area contributed by atoms with E-state index in [-0.39, 0.29) is 13.0 Å². The number of nitrogens with one attached hydrogen (secondary N) is 1. The number of hydrogen-bond acceptors (Lipinski definition) is 5. The Hall–Kier alpha value is -3.32. The van der Waals surface area contributed by atoms with Crippen LogP contribution in [0.1, 0.15) is 22.3 Å². The number of carbonyl (C=O) groups excluding carboxylic acids is 1. The van der Waals surface area contributed by atoms with Gasteiger partial charge in [-0.25, -0.2) is 9.59 Å². The molecule has 0 aliphatic carbocycles. The second-order valence-electron chi connectivity index (χ2n) is 7.35. The van der Waals surface area contributed by atoms with Crippen molar-refractivity contribution in [2.24, 2.45) is 0 Å². The number of carboxylic acid groups (broad SMARTS) is 1. The summed E-state index contributed by atoms with van der Waals surface area (Å²) < 4.78 is 11.0. The number of halogens is 1. The highest BCUT2D eigenvalue weighted by atomic mass is 35.5. The predicted octanol–water partition coefficient (Wildman–Crippen LogP) is 3.56. The third kappa shape index (κ3) is 5.24. The fourth-order valence-corrected chi connectivity index (χ4v) is 3.36. The van der Waals surface area contributed by atoms with E-state index < -0.39 is 23.5 Å². The summed E-state index contributed by atoms with van der Waals surface area (Å²) in [7, 11) is 0. The molecule has 3 rings (SSSR count). The Balaban J connectivity index is 1.75. The van der Waals surface area contributed by atoms with Crippen molar-refractivity contribution >= 4 is 34.4 Å². The van der Waals surface area contributed by atoms with Crippen LogP contribution in [0.3, 0.4) is 0 Å². The Morgan fingerprint density at radius 3 is 2.45 bits per heavy atom. The fourth-order valence-electron chi connectivity index (χ4n) is 3.24. The van der Waals surface area contributed by atoms with Crippen LogP contribution in [0.4, 0.5) is 0 Å². The standard InChI is InChI=1S/C23H22ClNO6/c1-12-8-18(21-13(2)14(3)23(29)31-19(21)9-12)30-11-20(26)25-17(22(27)28)10-15-4-6-16(24)7-5-15/h4-9,17H,10-11H2,1-3H3,(H,25,26)(H,27,28)/t17-/m0/s1. The topological polar surface area (TPSA) is 106 Å². The van der Waals surface area contributed by atoms with Crippen molar-refractivity contribution in [1.82, 2.24) is 5.32 Å². The van der Waals surface area contributed by atoms with Crippen LogP contribution in [0.25, 0.3) is 11.0 Å². The molecule has 0 spiro atoms. The maximum absolute atomic E-state index is 12.4. The van der Waals surface area contributed by atoms with Crippen LogP contribution in [-0.2, 0) is 16.0 Å². The van der Waals surface area contributed by atoms with Crippen molar-refractivity contribution in [3.63, 3.8) is 0 Å². The van der Waals surface area contributed by atoms with Crippen molar-refractivity contribution in [3.05, 3.63) is 74.1 Å². The van der Waals surface area contributed by atoms with Gasteiger partial charge in [0.05, 0.1) is 5.39 Å². The molecule has 0 saturated heterocycles. The number of aliphatic carboxylic acids is 1. The molecular weight excluding hydrogens is 422 g/mol. The summed E-state index contributed by atoms with van der Waals surface area (Å²) in [4.78, 5) is 36.0. The van der Waals surface area contributed by atoms with Gasteiger partial charge >= 0.3 is 11.6 Å². The maximum atomic E-state index is 12.4. The van der Waals surface area contributed by atoms with Crippen LogP contribution in [0, 0.1) is 20.8 Å². The summed E-state index contributed by atoms with van der Waals surface area (Å²) in [5.41, 5.74) is 2.62. The van der Waals surface area contributed by atoms with Gasteiger partial charge in [0.15, 0.2) is 6.61 Å². The van der Waals surface area contributed by atoms with Gasteiger partial charge < -0.3 is 19.6 Å². The van der Waals surface area contributed by atoms with E-state index in [1.807, 2.05) is 6.92 Å². The lowest BCUT2D eigenvalue weighted by Gasteiger charge is -2.16. The first-order valence-electron chi connectivity index (χ1n) is 9.59. The van der Waals surface area contributed by atoms with E-state index in [9.17, 15) is 19.5 Å². The average molecular weight is 444 g/mol. The first-order valence-corrected chi connectivity index (χ1v) is 9.97. The van der Waals surface area contributed by atoms with Crippen molar-refractivity contribution in [1.29, 1.82) is 0 Å². The molecule has 1 aromatic heterocycles. The number of benzene rings is 2. The average Bonchev–Trinajstić information content (AvgIpc) is 2.71. The highest BCUT2D eigenvalue weighted by molar-refractivity contribution is 6.30. The Morgan fingerprint density at radius 1 is 1.13 bits per heavy atom. The molecule has 2 aromatic carbocycles. The van der Waals surface area contributed by atoms with E-state index >= 15 is 0 Å². The van der Waals surface area contributed by atoms with E-state index in [0.29, 0.717) is 32.9 Å². The fraction of sp³-hybridized carbons (Fsp3) is 0.261. The van der Waals surface area contributed by atoms with E-state index in [2.05, 4.69) is 5.32 Å². The zero-order valence-corrected chi connectivity index (χ0v) is 18.1. The summed E-state index contributed by atoms with van der Waals surface area (Å²) >= 11 is 5.85. The number of amides is 1. The molecule has 8 heteroatoms. The van der Waals surface area contributed by atoms with Gasteiger partial charge in [0, 0.05) is 17.0 Å². The number of hydrogen-bond donors (Lipinski definition) is 2. The number of carbonyl (C=O) groups is 2. The van der Waals surface area contributed by atoms with Crippen LogP contribution in [0.15, 0.2) is 45.6 Å². The molecule has 0 aliphatic rings. The van der Waals surface area contributed by atoms with Gasteiger partial charge in [0.2, 0.25) is 0 Å². The molecule has 1 atom stereocenters. The molecule has 0 saturated carbocycles. The molecule has 31 heavy (non-hydrogen) atoms. The monoisotopic (exact) mass is 443 g/mol. The van der Waals surface area contributed by atoms with Crippen LogP contribution in [0.2, 0.25) is 5.02 Å². The molecule has 3 aromatic rings. The van der Waals surface area contributed by atoms with E-state index in [4.69, 9.17) is 20.8 Å². The highest BCUT2D eigenvalue weighted by Crippen LogP contribution is 2.30. The molecule has 0 aliphatic heterocycles. The molecule has 0 bridgehead atoms. The summed E-state index contributed by atoms with van der Waals surface area (Å²) in [6.45, 7) is 4.86. The molecule has 7 nitrogen and oxygen atoms in total. The van der Waals surface area contributed by atoms with E-state index in [0.717, 1.165) is 11.1 Å². The molecule has 0 fully saturated rings. The van der Waals surface area contributed by atoms with E-state index in [1.54, 1.807) is 50.2 Å². The zero-order valence-electron chi connectivity index (χ0n) is 17.3. The SMILES string of the molecule is Cc1cc(OCC(=O)N[C@@H](Cc2ccc(Cl)cc2)C(=O)O)c2c(C)c(C)c(=O)oc2c1. The Labute approximate surface area is 183 Å². The molecule has 162 valence electrons. The lowest BCUT2D eigenvalue weighted by molar-refractivity contribution is -0.142. The molecular formula is C23H22ClNO6. The number of carboxylic acids is 1. The van der Waals surface area contributed by atoms with Crippen LogP contribution in [0.5, 0.6) is 5.75 Å². The summed E-state index contributed by atoms with van der Waals surface area (Å²) in [5.74, 6) is -1.35. The minimum Gasteiger partial charge on any atom is -0.483 e. The summed E-state index contributed by atoms with van der Waals surface area (Å²) in [5, 5.41) is 13.1. The van der Waals surface area contributed by atoms with E-state index in [1.165, 1.54) is 0 Å².